The predicted octanol–water partition coefficient (Wildman–Crippen LogP) is -0.220. The molecule has 0 aromatic carbocycles. The molecule has 0 unspecified atom stereocenters. The maximum Gasteiger partial charge on any atom is 0.358 e. The van der Waals surface area contributed by atoms with Gasteiger partial charge in [0.05, 0.1) is 11.4 Å². The maximum absolute atomic E-state index is 10.8. The van der Waals surface area contributed by atoms with Crippen LogP contribution in [0.3, 0.4) is 0 Å². The molecule has 2 aromatic rings. The molecule has 0 atom stereocenters. The van der Waals surface area contributed by atoms with Crippen LogP contribution in [-0.2, 0) is 13.1 Å². The van der Waals surface area contributed by atoms with E-state index in [1.165, 1.54) is 4.68 Å². The van der Waals surface area contributed by atoms with Gasteiger partial charge in [0.25, 0.3) is 0 Å². The molecule has 0 fully saturated rings. The van der Waals surface area contributed by atoms with Crippen LogP contribution < -0.4 is 5.73 Å². The lowest BCUT2D eigenvalue weighted by atomic mass is 10.3. The van der Waals surface area contributed by atoms with E-state index in [2.05, 4.69) is 15.5 Å². The largest absolute Gasteiger partial charge is 0.476 e. The summed E-state index contributed by atoms with van der Waals surface area (Å²) in [5, 5.41) is 19.9. The smallest absolute Gasteiger partial charge is 0.358 e. The van der Waals surface area contributed by atoms with Crippen molar-refractivity contribution in [3.05, 3.63) is 28.9 Å². The highest BCUT2D eigenvalue weighted by Crippen LogP contribution is 2.09. The Balaban J connectivity index is 2.30. The van der Waals surface area contributed by atoms with E-state index in [1.54, 1.807) is 13.0 Å². The number of aromatic carboxylic acids is 1. The molecule has 3 N–H and O–H groups in total. The molecule has 0 radical (unpaired) electrons. The minimum Gasteiger partial charge on any atom is -0.476 e. The van der Waals surface area contributed by atoms with Crippen molar-refractivity contribution >= 4 is 5.97 Å². The number of hydrogen-bond acceptors (Lipinski definition) is 6. The molecule has 0 spiro atoms. The fraction of sp³-hybridized carbons (Fsp3) is 0.333. The van der Waals surface area contributed by atoms with Gasteiger partial charge < -0.3 is 15.4 Å². The molecule has 8 nitrogen and oxygen atoms in total. The van der Waals surface area contributed by atoms with Gasteiger partial charge in [0.15, 0.2) is 11.5 Å². The first-order chi connectivity index (χ1) is 8.11. The SMILES string of the molecule is Cc1cc(Cn2nnc(C(=O)O)c2CN)on1. The minimum atomic E-state index is -1.15. The first-order valence-corrected chi connectivity index (χ1v) is 4.89. The van der Waals surface area contributed by atoms with Crippen LogP contribution in [0.5, 0.6) is 0 Å². The van der Waals surface area contributed by atoms with Crippen LogP contribution in [0.4, 0.5) is 0 Å². The standard InChI is InChI=1S/C9H11N5O3/c1-5-2-6(17-12-5)4-14-7(3-10)8(9(15)16)11-13-14/h2H,3-4,10H2,1H3,(H,15,16). The third-order valence-electron chi connectivity index (χ3n) is 2.22. The van der Waals surface area contributed by atoms with Crippen molar-refractivity contribution in [1.29, 1.82) is 0 Å². The molecule has 90 valence electrons. The summed E-state index contributed by atoms with van der Waals surface area (Å²) in [7, 11) is 0. The van der Waals surface area contributed by atoms with E-state index >= 15 is 0 Å². The Bertz CT molecular complexity index is 545. The number of carboxylic acid groups (broad SMARTS) is 1. The number of hydrogen-bond donors (Lipinski definition) is 2. The van der Waals surface area contributed by atoms with Crippen molar-refractivity contribution < 1.29 is 14.4 Å². The van der Waals surface area contributed by atoms with Crippen LogP contribution >= 0.6 is 0 Å². The summed E-state index contributed by atoms with van der Waals surface area (Å²) in [5.41, 5.74) is 6.44. The van der Waals surface area contributed by atoms with Crippen molar-refractivity contribution in [2.45, 2.75) is 20.0 Å². The van der Waals surface area contributed by atoms with E-state index in [4.69, 9.17) is 15.4 Å². The first-order valence-electron chi connectivity index (χ1n) is 4.89. The van der Waals surface area contributed by atoms with Crippen LogP contribution in [0.25, 0.3) is 0 Å². The van der Waals surface area contributed by atoms with E-state index in [1.807, 2.05) is 0 Å². The van der Waals surface area contributed by atoms with Crippen molar-refractivity contribution in [3.8, 4) is 0 Å². The number of rotatable bonds is 4. The lowest BCUT2D eigenvalue weighted by Crippen LogP contribution is -2.12. The van der Waals surface area contributed by atoms with Crippen LogP contribution in [0.1, 0.15) is 27.6 Å². The van der Waals surface area contributed by atoms with Crippen molar-refractivity contribution in [2.24, 2.45) is 5.73 Å². The summed E-state index contributed by atoms with van der Waals surface area (Å²) in [6, 6.07) is 1.74. The van der Waals surface area contributed by atoms with E-state index in [0.717, 1.165) is 5.69 Å². The average Bonchev–Trinajstić information content (AvgIpc) is 2.85. The molecule has 0 amide bonds. The predicted molar refractivity (Wildman–Crippen MR) is 55.2 cm³/mol. The van der Waals surface area contributed by atoms with Gasteiger partial charge in [-0.2, -0.15) is 0 Å². The maximum atomic E-state index is 10.8. The van der Waals surface area contributed by atoms with Gasteiger partial charge in [-0.25, -0.2) is 9.48 Å². The highest BCUT2D eigenvalue weighted by atomic mass is 16.5. The second-order valence-corrected chi connectivity index (χ2v) is 3.49. The summed E-state index contributed by atoms with van der Waals surface area (Å²) in [4.78, 5) is 10.8. The van der Waals surface area contributed by atoms with Crippen molar-refractivity contribution in [1.82, 2.24) is 20.2 Å². The number of aromatic nitrogens is 4. The molecular formula is C9H11N5O3. The molecule has 0 aliphatic heterocycles. The lowest BCUT2D eigenvalue weighted by Gasteiger charge is -2.01. The molecule has 0 aliphatic rings. The monoisotopic (exact) mass is 237 g/mol. The van der Waals surface area contributed by atoms with Gasteiger partial charge in [0, 0.05) is 12.6 Å². The molecule has 0 bridgehead atoms. The van der Waals surface area contributed by atoms with E-state index < -0.39 is 5.97 Å². The third kappa shape index (κ3) is 2.16. The van der Waals surface area contributed by atoms with Crippen LogP contribution in [0, 0.1) is 6.92 Å². The molecule has 2 heterocycles. The lowest BCUT2D eigenvalue weighted by molar-refractivity contribution is 0.0689. The topological polar surface area (TPSA) is 120 Å². The summed E-state index contributed by atoms with van der Waals surface area (Å²) in [6.45, 7) is 2.09. The van der Waals surface area contributed by atoms with Crippen LogP contribution in [0.15, 0.2) is 10.6 Å². The van der Waals surface area contributed by atoms with E-state index in [-0.39, 0.29) is 18.8 Å². The summed E-state index contributed by atoms with van der Waals surface area (Å²) in [6.07, 6.45) is 0. The second-order valence-electron chi connectivity index (χ2n) is 3.49. The fourth-order valence-electron chi connectivity index (χ4n) is 1.47. The van der Waals surface area contributed by atoms with Gasteiger partial charge in [-0.15, -0.1) is 5.10 Å². The van der Waals surface area contributed by atoms with Gasteiger partial charge in [0.1, 0.15) is 6.54 Å². The molecule has 0 aliphatic carbocycles. The van der Waals surface area contributed by atoms with Gasteiger partial charge in [-0.3, -0.25) is 0 Å². The molecule has 2 rings (SSSR count). The van der Waals surface area contributed by atoms with Gasteiger partial charge >= 0.3 is 5.97 Å². The van der Waals surface area contributed by atoms with E-state index in [9.17, 15) is 4.79 Å². The number of nitrogens with two attached hydrogens (primary N) is 1. The molecular weight excluding hydrogens is 226 g/mol. The Morgan fingerprint density at radius 2 is 2.41 bits per heavy atom. The molecule has 0 saturated carbocycles. The van der Waals surface area contributed by atoms with Crippen molar-refractivity contribution in [3.63, 3.8) is 0 Å². The second kappa shape index (κ2) is 4.34. The zero-order valence-electron chi connectivity index (χ0n) is 9.12. The zero-order valence-corrected chi connectivity index (χ0v) is 9.12. The number of carbonyl (C=O) groups is 1. The average molecular weight is 237 g/mol. The highest BCUT2D eigenvalue weighted by molar-refractivity contribution is 5.86. The molecule has 17 heavy (non-hydrogen) atoms. The van der Waals surface area contributed by atoms with Crippen LogP contribution in [-0.4, -0.2) is 31.2 Å². The highest BCUT2D eigenvalue weighted by Gasteiger charge is 2.18. The van der Waals surface area contributed by atoms with Gasteiger partial charge in [-0.1, -0.05) is 10.4 Å². The molecule has 8 heteroatoms. The summed E-state index contributed by atoms with van der Waals surface area (Å²) in [5.74, 6) is -0.579. The van der Waals surface area contributed by atoms with E-state index in [0.29, 0.717) is 11.5 Å². The first kappa shape index (κ1) is 11.3. The van der Waals surface area contributed by atoms with Crippen LogP contribution in [0.2, 0.25) is 0 Å². The number of aryl methyl sites for hydroxylation is 1. The molecule has 0 saturated heterocycles. The minimum absolute atomic E-state index is 0.0434. The Morgan fingerprint density at radius 3 is 2.94 bits per heavy atom. The summed E-state index contributed by atoms with van der Waals surface area (Å²) < 4.78 is 6.40. The Kier molecular flexibility index (Phi) is 2.88. The zero-order chi connectivity index (χ0) is 12.4. The van der Waals surface area contributed by atoms with Gasteiger partial charge in [-0.05, 0) is 6.92 Å². The number of carboxylic acids is 1. The molecule has 2 aromatic heterocycles. The number of nitrogens with zero attached hydrogens (tertiary/aromatic N) is 4. The third-order valence-corrected chi connectivity index (χ3v) is 2.22. The normalized spacial score (nSPS) is 10.7. The Morgan fingerprint density at radius 1 is 1.65 bits per heavy atom. The summed E-state index contributed by atoms with van der Waals surface area (Å²) >= 11 is 0. The van der Waals surface area contributed by atoms with Crippen molar-refractivity contribution in [2.75, 3.05) is 0 Å². The van der Waals surface area contributed by atoms with Gasteiger partial charge in [0.2, 0.25) is 0 Å². The Hall–Kier alpha value is -2.22. The Labute approximate surface area is 96.0 Å². The quantitative estimate of drug-likeness (QED) is 0.754. The fourth-order valence-corrected chi connectivity index (χ4v) is 1.47.